The van der Waals surface area contributed by atoms with Crippen LogP contribution in [0.25, 0.3) is 5.69 Å². The summed E-state index contributed by atoms with van der Waals surface area (Å²) in [4.78, 5) is 20.2. The van der Waals surface area contributed by atoms with E-state index in [1.54, 1.807) is 7.05 Å². The molecule has 1 aromatic carbocycles. The highest BCUT2D eigenvalue weighted by atomic mass is 16.1. The lowest BCUT2D eigenvalue weighted by atomic mass is 10.3. The number of aryl methyl sites for hydroxylation is 1. The van der Waals surface area contributed by atoms with Gasteiger partial charge in [0.05, 0.1) is 5.69 Å². The van der Waals surface area contributed by atoms with Crippen LogP contribution in [0.3, 0.4) is 0 Å². The normalized spacial score (nSPS) is 10.3. The van der Waals surface area contributed by atoms with E-state index < -0.39 is 0 Å². The average molecular weight is 245 g/mol. The van der Waals surface area contributed by atoms with Gasteiger partial charge in [-0.05, 0) is 12.1 Å². The molecule has 1 heterocycles. The molecule has 0 bridgehead atoms. The van der Waals surface area contributed by atoms with Crippen molar-refractivity contribution in [3.8, 4) is 5.69 Å². The maximum Gasteiger partial charge on any atom is 0.356 e. The molecule has 0 amide bonds. The minimum absolute atomic E-state index is 0.284. The summed E-state index contributed by atoms with van der Waals surface area (Å²) in [5, 5.41) is 0. The van der Waals surface area contributed by atoms with Crippen molar-refractivity contribution < 1.29 is 0 Å². The molecule has 0 radical (unpaired) electrons. The van der Waals surface area contributed by atoms with Crippen molar-refractivity contribution in [1.82, 2.24) is 20.0 Å². The van der Waals surface area contributed by atoms with E-state index in [1.807, 2.05) is 37.3 Å². The van der Waals surface area contributed by atoms with Crippen molar-refractivity contribution in [2.24, 2.45) is 0 Å². The third-order valence-corrected chi connectivity index (χ3v) is 2.45. The number of nitrogens with zero attached hydrogens (tertiary/aromatic N) is 3. The van der Waals surface area contributed by atoms with Crippen LogP contribution < -0.4 is 16.5 Å². The number of hydrogen-bond acceptors (Lipinski definition) is 5. The van der Waals surface area contributed by atoms with Gasteiger partial charge in [-0.3, -0.25) is 5.43 Å². The van der Waals surface area contributed by atoms with Crippen LogP contribution in [0.4, 0.5) is 5.95 Å². The van der Waals surface area contributed by atoms with E-state index in [1.165, 1.54) is 4.57 Å². The van der Waals surface area contributed by atoms with E-state index in [4.69, 9.17) is 0 Å². The predicted octanol–water partition coefficient (Wildman–Crippen LogP) is 0.736. The Kier molecular flexibility index (Phi) is 3.69. The molecular weight excluding hydrogens is 230 g/mol. The molecule has 0 fully saturated rings. The van der Waals surface area contributed by atoms with Crippen LogP contribution in [0.5, 0.6) is 0 Å². The Balaban J connectivity index is 2.57. The minimum atomic E-state index is -0.342. The van der Waals surface area contributed by atoms with Crippen molar-refractivity contribution >= 4 is 5.95 Å². The fraction of sp³-hybridized carbons (Fsp3) is 0.250. The Bertz CT molecular complexity index is 579. The van der Waals surface area contributed by atoms with Gasteiger partial charge in [0.1, 0.15) is 5.82 Å². The van der Waals surface area contributed by atoms with Crippen LogP contribution in [0.15, 0.2) is 35.1 Å². The van der Waals surface area contributed by atoms with Gasteiger partial charge < -0.3 is 0 Å². The molecule has 2 aromatic rings. The van der Waals surface area contributed by atoms with E-state index in [0.29, 0.717) is 12.2 Å². The molecule has 0 aliphatic carbocycles. The summed E-state index contributed by atoms with van der Waals surface area (Å²) in [5.74, 6) is 0.950. The Morgan fingerprint density at radius 2 is 1.94 bits per heavy atom. The van der Waals surface area contributed by atoms with Crippen LogP contribution in [0.1, 0.15) is 12.7 Å². The molecule has 2 N–H and O–H groups in total. The summed E-state index contributed by atoms with van der Waals surface area (Å²) in [7, 11) is 1.69. The first-order valence-electron chi connectivity index (χ1n) is 5.74. The smallest absolute Gasteiger partial charge is 0.290 e. The SMILES string of the molecule is CCc1nc(NNC)nc(=O)n1-c1ccccc1. The summed E-state index contributed by atoms with van der Waals surface area (Å²) < 4.78 is 1.51. The standard InChI is InChI=1S/C12H15N5O/c1-3-10-14-11(16-13-2)15-12(18)17(10)9-7-5-4-6-8-9/h4-8,13H,3H2,1-2H3,(H,15,16,18). The molecule has 0 unspecified atom stereocenters. The maximum atomic E-state index is 12.0. The van der Waals surface area contributed by atoms with E-state index in [9.17, 15) is 4.79 Å². The van der Waals surface area contributed by atoms with Gasteiger partial charge in [0.25, 0.3) is 0 Å². The van der Waals surface area contributed by atoms with Crippen molar-refractivity contribution in [3.63, 3.8) is 0 Å². The first-order valence-corrected chi connectivity index (χ1v) is 5.74. The highest BCUT2D eigenvalue weighted by Crippen LogP contribution is 2.08. The van der Waals surface area contributed by atoms with Crippen LogP contribution in [0, 0.1) is 0 Å². The van der Waals surface area contributed by atoms with Crippen molar-refractivity contribution in [2.75, 3.05) is 12.5 Å². The van der Waals surface area contributed by atoms with Gasteiger partial charge in [-0.2, -0.15) is 9.97 Å². The molecule has 0 aliphatic heterocycles. The fourth-order valence-corrected chi connectivity index (χ4v) is 1.69. The second-order valence-corrected chi connectivity index (χ2v) is 3.65. The molecule has 94 valence electrons. The number of rotatable bonds is 4. The Labute approximate surface area is 105 Å². The number of anilines is 1. The van der Waals surface area contributed by atoms with Gasteiger partial charge in [-0.15, -0.1) is 0 Å². The zero-order valence-corrected chi connectivity index (χ0v) is 10.3. The van der Waals surface area contributed by atoms with Gasteiger partial charge in [0.2, 0.25) is 5.95 Å². The van der Waals surface area contributed by atoms with Crippen molar-refractivity contribution in [1.29, 1.82) is 0 Å². The van der Waals surface area contributed by atoms with E-state index in [0.717, 1.165) is 5.69 Å². The fourth-order valence-electron chi connectivity index (χ4n) is 1.69. The predicted molar refractivity (Wildman–Crippen MR) is 69.7 cm³/mol. The van der Waals surface area contributed by atoms with Crippen LogP contribution in [0.2, 0.25) is 0 Å². The van der Waals surface area contributed by atoms with Crippen molar-refractivity contribution in [2.45, 2.75) is 13.3 Å². The Morgan fingerprint density at radius 1 is 1.22 bits per heavy atom. The van der Waals surface area contributed by atoms with E-state index in [2.05, 4.69) is 20.8 Å². The monoisotopic (exact) mass is 245 g/mol. The molecule has 0 saturated heterocycles. The summed E-state index contributed by atoms with van der Waals surface area (Å²) >= 11 is 0. The zero-order valence-electron chi connectivity index (χ0n) is 10.3. The lowest BCUT2D eigenvalue weighted by molar-refractivity contribution is 0.761. The number of hydrazine groups is 1. The molecule has 18 heavy (non-hydrogen) atoms. The molecule has 0 saturated carbocycles. The topological polar surface area (TPSA) is 71.8 Å². The third-order valence-electron chi connectivity index (χ3n) is 2.45. The molecule has 6 nitrogen and oxygen atoms in total. The second kappa shape index (κ2) is 5.42. The lowest BCUT2D eigenvalue weighted by Gasteiger charge is -2.11. The van der Waals surface area contributed by atoms with Gasteiger partial charge >= 0.3 is 5.69 Å². The minimum Gasteiger partial charge on any atom is -0.290 e. The molecule has 6 heteroatoms. The van der Waals surface area contributed by atoms with Gasteiger partial charge in [-0.1, -0.05) is 25.1 Å². The molecule has 0 aliphatic rings. The summed E-state index contributed by atoms with van der Waals surface area (Å²) in [6.07, 6.45) is 0.644. The molecule has 0 atom stereocenters. The highest BCUT2D eigenvalue weighted by molar-refractivity contribution is 5.34. The van der Waals surface area contributed by atoms with Crippen LogP contribution in [-0.4, -0.2) is 21.6 Å². The van der Waals surface area contributed by atoms with Gasteiger partial charge in [-0.25, -0.2) is 14.8 Å². The molecule has 2 rings (SSSR count). The summed E-state index contributed by atoms with van der Waals surface area (Å²) in [6.45, 7) is 1.95. The molecule has 0 spiro atoms. The third kappa shape index (κ3) is 2.38. The van der Waals surface area contributed by atoms with Crippen LogP contribution in [-0.2, 0) is 6.42 Å². The zero-order chi connectivity index (χ0) is 13.0. The number of nitrogens with one attached hydrogen (secondary N) is 2. The molecule has 1 aromatic heterocycles. The first kappa shape index (κ1) is 12.3. The van der Waals surface area contributed by atoms with Crippen LogP contribution >= 0.6 is 0 Å². The molecular formula is C12H15N5O. The number of benzene rings is 1. The van der Waals surface area contributed by atoms with Gasteiger partial charge in [0, 0.05) is 13.5 Å². The van der Waals surface area contributed by atoms with Crippen molar-refractivity contribution in [3.05, 3.63) is 46.6 Å². The summed E-state index contributed by atoms with van der Waals surface area (Å²) in [5.41, 5.74) is 5.85. The number of para-hydroxylation sites is 1. The number of aromatic nitrogens is 3. The largest absolute Gasteiger partial charge is 0.356 e. The quantitative estimate of drug-likeness (QED) is 0.777. The maximum absolute atomic E-state index is 12.0. The first-order chi connectivity index (χ1) is 8.76. The lowest BCUT2D eigenvalue weighted by Crippen LogP contribution is -2.29. The van der Waals surface area contributed by atoms with Gasteiger partial charge in [0.15, 0.2) is 0 Å². The van der Waals surface area contributed by atoms with E-state index >= 15 is 0 Å². The Hall–Kier alpha value is -2.21. The second-order valence-electron chi connectivity index (χ2n) is 3.65. The number of hydrogen-bond donors (Lipinski definition) is 2. The average Bonchev–Trinajstić information content (AvgIpc) is 2.39. The summed E-state index contributed by atoms with van der Waals surface area (Å²) in [6, 6.07) is 9.37. The highest BCUT2D eigenvalue weighted by Gasteiger charge is 2.09. The van der Waals surface area contributed by atoms with E-state index in [-0.39, 0.29) is 11.6 Å². The Morgan fingerprint density at radius 3 is 2.56 bits per heavy atom.